The van der Waals surface area contributed by atoms with Gasteiger partial charge < -0.3 is 19.5 Å². The van der Waals surface area contributed by atoms with Gasteiger partial charge in [0.1, 0.15) is 5.60 Å². The molecule has 6 atom stereocenters. The second-order valence-corrected chi connectivity index (χ2v) is 8.52. The van der Waals surface area contributed by atoms with Gasteiger partial charge in [0.15, 0.2) is 0 Å². The Hall–Kier alpha value is -1.40. The maximum Gasteiger partial charge on any atom is 0.117 e. The summed E-state index contributed by atoms with van der Waals surface area (Å²) < 4.78 is 8.27. The van der Waals surface area contributed by atoms with Crippen LogP contribution < -0.4 is 0 Å². The molecule has 3 aliphatic rings. The van der Waals surface area contributed by atoms with E-state index in [1.54, 1.807) is 0 Å². The van der Waals surface area contributed by atoms with E-state index in [0.29, 0.717) is 12.6 Å². The molecule has 140 valence electrons. The molecular formula is C21H28N2O3. The van der Waals surface area contributed by atoms with E-state index in [4.69, 9.17) is 4.74 Å². The molecule has 1 aromatic carbocycles. The van der Waals surface area contributed by atoms with E-state index in [1.807, 2.05) is 6.92 Å². The van der Waals surface area contributed by atoms with E-state index in [9.17, 15) is 10.2 Å². The van der Waals surface area contributed by atoms with Gasteiger partial charge in [-0.25, -0.2) is 0 Å². The highest BCUT2D eigenvalue weighted by molar-refractivity contribution is 5.86. The standard InChI is InChI=1S/C21H28N2O3/c1-12-21(25,11-24)16-9-19-20-14(8-18(22(19)2)15(16)10-26-12)13-6-4-5-7-17(13)23(20)3/h4-7,12,15-16,18-19,24-25H,8-11H2,1-3H3. The molecule has 0 amide bonds. The number of rotatable bonds is 1. The highest BCUT2D eigenvalue weighted by Gasteiger charge is 2.57. The summed E-state index contributed by atoms with van der Waals surface area (Å²) in [4.78, 5) is 2.49. The number of ether oxygens (including phenoxy) is 1. The molecule has 0 spiro atoms. The number of aryl methyl sites for hydroxylation is 1. The molecule has 2 N–H and O–H groups in total. The Morgan fingerprint density at radius 2 is 2.04 bits per heavy atom. The van der Waals surface area contributed by atoms with Crippen LogP contribution in [0.1, 0.15) is 30.6 Å². The first kappa shape index (κ1) is 16.8. The average molecular weight is 356 g/mol. The Morgan fingerprint density at radius 3 is 2.81 bits per heavy atom. The molecular weight excluding hydrogens is 328 g/mol. The van der Waals surface area contributed by atoms with Crippen LogP contribution in [-0.2, 0) is 18.2 Å². The first-order chi connectivity index (χ1) is 12.5. The van der Waals surface area contributed by atoms with Gasteiger partial charge in [-0.3, -0.25) is 4.90 Å². The Balaban J connectivity index is 1.67. The van der Waals surface area contributed by atoms with Crippen LogP contribution in [0.15, 0.2) is 24.3 Å². The van der Waals surface area contributed by atoms with E-state index in [2.05, 4.69) is 47.8 Å². The molecule has 2 fully saturated rings. The molecule has 5 heteroatoms. The third kappa shape index (κ3) is 1.95. The number of hydrogen-bond donors (Lipinski definition) is 2. The minimum atomic E-state index is -1.15. The lowest BCUT2D eigenvalue weighted by molar-refractivity contribution is -0.238. The van der Waals surface area contributed by atoms with Crippen molar-refractivity contribution in [2.45, 2.75) is 43.6 Å². The van der Waals surface area contributed by atoms with Crippen molar-refractivity contribution in [2.24, 2.45) is 18.9 Å². The summed E-state index contributed by atoms with van der Waals surface area (Å²) in [5.41, 5.74) is 2.97. The summed E-state index contributed by atoms with van der Waals surface area (Å²) in [6.45, 7) is 2.32. The summed E-state index contributed by atoms with van der Waals surface area (Å²) in [6.07, 6.45) is 1.51. The number of aliphatic hydroxyl groups is 2. The van der Waals surface area contributed by atoms with Gasteiger partial charge in [0.25, 0.3) is 0 Å². The Kier molecular flexibility index (Phi) is 3.58. The largest absolute Gasteiger partial charge is 0.393 e. The van der Waals surface area contributed by atoms with Crippen molar-refractivity contribution in [1.29, 1.82) is 0 Å². The van der Waals surface area contributed by atoms with Crippen molar-refractivity contribution in [2.75, 3.05) is 20.3 Å². The zero-order chi connectivity index (χ0) is 18.2. The van der Waals surface area contributed by atoms with E-state index >= 15 is 0 Å². The molecule has 2 saturated heterocycles. The zero-order valence-corrected chi connectivity index (χ0v) is 15.7. The molecule has 26 heavy (non-hydrogen) atoms. The van der Waals surface area contributed by atoms with Gasteiger partial charge in [0, 0.05) is 41.5 Å². The van der Waals surface area contributed by atoms with Gasteiger partial charge >= 0.3 is 0 Å². The van der Waals surface area contributed by atoms with Crippen molar-refractivity contribution in [3.05, 3.63) is 35.5 Å². The van der Waals surface area contributed by atoms with Crippen molar-refractivity contribution in [3.63, 3.8) is 0 Å². The molecule has 0 radical (unpaired) electrons. The van der Waals surface area contributed by atoms with Crippen molar-refractivity contribution < 1.29 is 14.9 Å². The Bertz CT molecular complexity index is 862. The Labute approximate surface area is 154 Å². The lowest BCUT2D eigenvalue weighted by Gasteiger charge is -2.58. The second-order valence-electron chi connectivity index (χ2n) is 8.52. The molecule has 3 aliphatic heterocycles. The lowest BCUT2D eigenvalue weighted by Crippen LogP contribution is -2.66. The third-order valence-electron chi connectivity index (χ3n) is 7.63. The van der Waals surface area contributed by atoms with Crippen LogP contribution in [0, 0.1) is 11.8 Å². The van der Waals surface area contributed by atoms with Crippen LogP contribution in [0.2, 0.25) is 0 Å². The van der Waals surface area contributed by atoms with E-state index in [0.717, 1.165) is 12.8 Å². The molecule has 2 aromatic rings. The summed E-state index contributed by atoms with van der Waals surface area (Å²) in [7, 11) is 4.37. The maximum absolute atomic E-state index is 11.2. The number of nitrogens with zero attached hydrogens (tertiary/aromatic N) is 2. The number of fused-ring (bicyclic) bond motifs is 8. The molecule has 4 heterocycles. The minimum absolute atomic E-state index is 0.0635. The number of hydrogen-bond acceptors (Lipinski definition) is 4. The third-order valence-corrected chi connectivity index (χ3v) is 7.63. The molecule has 0 aliphatic carbocycles. The van der Waals surface area contributed by atoms with Crippen LogP contribution in [0.25, 0.3) is 10.9 Å². The van der Waals surface area contributed by atoms with Crippen LogP contribution in [0.3, 0.4) is 0 Å². The summed E-state index contributed by atoms with van der Waals surface area (Å²) in [6, 6.07) is 9.25. The van der Waals surface area contributed by atoms with Crippen LogP contribution in [0.5, 0.6) is 0 Å². The van der Waals surface area contributed by atoms with Gasteiger partial charge in [-0.15, -0.1) is 0 Å². The van der Waals surface area contributed by atoms with E-state index in [1.165, 1.54) is 22.2 Å². The van der Waals surface area contributed by atoms with Crippen molar-refractivity contribution in [1.82, 2.24) is 9.47 Å². The van der Waals surface area contributed by atoms with Gasteiger partial charge in [0.05, 0.1) is 25.4 Å². The van der Waals surface area contributed by atoms with Gasteiger partial charge in [0.2, 0.25) is 0 Å². The molecule has 2 bridgehead atoms. The van der Waals surface area contributed by atoms with E-state index < -0.39 is 5.60 Å². The summed E-state index contributed by atoms with van der Waals surface area (Å²) in [5, 5.41) is 22.6. The predicted octanol–water partition coefficient (Wildman–Crippen LogP) is 1.85. The number of likely N-dealkylation sites (N-methyl/N-ethyl adjacent to an activating group) is 1. The number of para-hydroxylation sites is 1. The second kappa shape index (κ2) is 5.55. The summed E-state index contributed by atoms with van der Waals surface area (Å²) >= 11 is 0. The smallest absolute Gasteiger partial charge is 0.117 e. The fraction of sp³-hybridized carbons (Fsp3) is 0.619. The highest BCUT2D eigenvalue weighted by atomic mass is 16.5. The maximum atomic E-state index is 11.2. The first-order valence-corrected chi connectivity index (χ1v) is 9.70. The quantitative estimate of drug-likeness (QED) is 0.819. The monoisotopic (exact) mass is 356 g/mol. The number of aromatic nitrogens is 1. The van der Waals surface area contributed by atoms with Crippen molar-refractivity contribution in [3.8, 4) is 0 Å². The molecule has 0 saturated carbocycles. The van der Waals surface area contributed by atoms with E-state index in [-0.39, 0.29) is 30.6 Å². The number of benzene rings is 1. The number of piperidine rings is 1. The fourth-order valence-electron chi connectivity index (χ4n) is 6.07. The normalized spacial score (nSPS) is 39.7. The zero-order valence-electron chi connectivity index (χ0n) is 15.7. The fourth-order valence-corrected chi connectivity index (χ4v) is 6.07. The SMILES string of the molecule is CC1OCC2C3Cc4c(n(C)c5ccccc45)C(CC2C1(O)CO)N3C. The average Bonchev–Trinajstić information content (AvgIpc) is 2.92. The first-order valence-electron chi connectivity index (χ1n) is 9.70. The van der Waals surface area contributed by atoms with Gasteiger partial charge in [-0.2, -0.15) is 0 Å². The van der Waals surface area contributed by atoms with Crippen LogP contribution >= 0.6 is 0 Å². The molecule has 5 nitrogen and oxygen atoms in total. The van der Waals surface area contributed by atoms with Crippen molar-refractivity contribution >= 4 is 10.9 Å². The van der Waals surface area contributed by atoms with Gasteiger partial charge in [-0.05, 0) is 38.4 Å². The summed E-state index contributed by atoms with van der Waals surface area (Å²) in [5.74, 6) is 0.310. The minimum Gasteiger partial charge on any atom is -0.393 e. The van der Waals surface area contributed by atoms with Crippen LogP contribution in [-0.4, -0.2) is 57.7 Å². The molecule has 5 rings (SSSR count). The topological polar surface area (TPSA) is 57.9 Å². The number of aliphatic hydroxyl groups excluding tert-OH is 1. The lowest BCUT2D eigenvalue weighted by atomic mass is 9.62. The van der Waals surface area contributed by atoms with Gasteiger partial charge in [-0.1, -0.05) is 18.2 Å². The van der Waals surface area contributed by atoms with Crippen LogP contribution in [0.4, 0.5) is 0 Å². The molecule has 1 aromatic heterocycles. The highest BCUT2D eigenvalue weighted by Crippen LogP contribution is 2.53. The Morgan fingerprint density at radius 1 is 1.27 bits per heavy atom. The predicted molar refractivity (Wildman–Crippen MR) is 100.0 cm³/mol. The molecule has 6 unspecified atom stereocenters.